The third kappa shape index (κ3) is 4.76. The van der Waals surface area contributed by atoms with Crippen molar-refractivity contribution in [1.82, 2.24) is 5.32 Å². The Balaban J connectivity index is 1.58. The van der Waals surface area contributed by atoms with Gasteiger partial charge in [0.2, 0.25) is 0 Å². The molecular formula is C23H22N2O3. The number of carbonyl (C=O) groups excluding carboxylic acids is 2. The molecule has 3 N–H and O–H groups in total. The van der Waals surface area contributed by atoms with Crippen LogP contribution >= 0.6 is 0 Å². The van der Waals surface area contributed by atoms with Gasteiger partial charge in [0.15, 0.2) is 6.61 Å². The summed E-state index contributed by atoms with van der Waals surface area (Å²) < 4.78 is 5.46. The van der Waals surface area contributed by atoms with Crippen molar-refractivity contribution in [2.45, 2.75) is 13.0 Å². The second-order valence-electron chi connectivity index (χ2n) is 6.43. The van der Waals surface area contributed by atoms with Crippen LogP contribution in [0.1, 0.15) is 28.9 Å². The second-order valence-corrected chi connectivity index (χ2v) is 6.43. The number of benzene rings is 3. The molecule has 28 heavy (non-hydrogen) atoms. The van der Waals surface area contributed by atoms with Gasteiger partial charge in [-0.25, -0.2) is 0 Å². The van der Waals surface area contributed by atoms with Crippen molar-refractivity contribution in [3.8, 4) is 16.9 Å². The third-order valence-electron chi connectivity index (χ3n) is 4.41. The fraction of sp³-hybridized carbons (Fsp3) is 0.130. The average Bonchev–Trinajstić information content (AvgIpc) is 2.73. The highest BCUT2D eigenvalue weighted by Gasteiger charge is 2.13. The van der Waals surface area contributed by atoms with Crippen molar-refractivity contribution in [2.24, 2.45) is 5.73 Å². The third-order valence-corrected chi connectivity index (χ3v) is 4.41. The zero-order valence-corrected chi connectivity index (χ0v) is 15.6. The van der Waals surface area contributed by atoms with E-state index in [4.69, 9.17) is 10.5 Å². The van der Waals surface area contributed by atoms with Gasteiger partial charge in [-0.1, -0.05) is 66.7 Å². The van der Waals surface area contributed by atoms with Crippen molar-refractivity contribution in [3.05, 3.63) is 90.0 Å². The van der Waals surface area contributed by atoms with E-state index in [-0.39, 0.29) is 24.1 Å². The predicted octanol–water partition coefficient (Wildman–Crippen LogP) is 3.71. The lowest BCUT2D eigenvalue weighted by molar-refractivity contribution is -0.123. The van der Waals surface area contributed by atoms with Gasteiger partial charge in [0.05, 0.1) is 11.6 Å². The first kappa shape index (κ1) is 19.2. The van der Waals surface area contributed by atoms with Crippen molar-refractivity contribution in [3.63, 3.8) is 0 Å². The maximum absolute atomic E-state index is 12.2. The largest absolute Gasteiger partial charge is 0.483 e. The van der Waals surface area contributed by atoms with Crippen LogP contribution < -0.4 is 15.8 Å². The number of amides is 2. The number of primary amides is 1. The number of rotatable bonds is 7. The number of carbonyl (C=O) groups is 2. The highest BCUT2D eigenvalue weighted by molar-refractivity contribution is 5.95. The number of hydrogen-bond acceptors (Lipinski definition) is 3. The van der Waals surface area contributed by atoms with Crippen molar-refractivity contribution >= 4 is 11.8 Å². The molecule has 0 bridgehead atoms. The van der Waals surface area contributed by atoms with Gasteiger partial charge in [0.1, 0.15) is 5.75 Å². The van der Waals surface area contributed by atoms with E-state index in [1.807, 2.05) is 49.4 Å². The molecule has 3 aromatic rings. The van der Waals surface area contributed by atoms with Gasteiger partial charge < -0.3 is 15.8 Å². The molecule has 0 unspecified atom stereocenters. The molecule has 0 aromatic heterocycles. The van der Waals surface area contributed by atoms with Crippen LogP contribution in [-0.2, 0) is 4.79 Å². The van der Waals surface area contributed by atoms with Crippen molar-refractivity contribution in [2.75, 3.05) is 6.61 Å². The molecule has 0 fully saturated rings. The lowest BCUT2D eigenvalue weighted by Crippen LogP contribution is -2.31. The second kappa shape index (κ2) is 8.86. The Kier molecular flexibility index (Phi) is 6.07. The molecule has 0 saturated heterocycles. The molecule has 0 aliphatic heterocycles. The fourth-order valence-corrected chi connectivity index (χ4v) is 2.90. The molecule has 0 radical (unpaired) electrons. The SMILES string of the molecule is C[C@@H](NC(=O)COc1ccccc1C(N)=O)c1ccc(-c2ccccc2)cc1. The molecule has 1 atom stereocenters. The number of ether oxygens (including phenoxy) is 1. The minimum atomic E-state index is -0.595. The Morgan fingerprint density at radius 1 is 0.893 bits per heavy atom. The van der Waals surface area contributed by atoms with Crippen LogP contribution in [0.3, 0.4) is 0 Å². The molecule has 0 spiro atoms. The molecule has 5 nitrogen and oxygen atoms in total. The molecular weight excluding hydrogens is 352 g/mol. The lowest BCUT2D eigenvalue weighted by Gasteiger charge is -2.16. The Bertz CT molecular complexity index is 953. The van der Waals surface area contributed by atoms with Gasteiger partial charge in [0, 0.05) is 0 Å². The van der Waals surface area contributed by atoms with E-state index >= 15 is 0 Å². The topological polar surface area (TPSA) is 81.4 Å². The zero-order valence-electron chi connectivity index (χ0n) is 15.6. The normalized spacial score (nSPS) is 11.5. The van der Waals surface area contributed by atoms with E-state index < -0.39 is 5.91 Å². The molecule has 5 heteroatoms. The van der Waals surface area contributed by atoms with Gasteiger partial charge in [-0.05, 0) is 35.7 Å². The number of nitrogens with one attached hydrogen (secondary N) is 1. The fourth-order valence-electron chi connectivity index (χ4n) is 2.90. The van der Waals surface area contributed by atoms with Crippen molar-refractivity contribution in [1.29, 1.82) is 0 Å². The molecule has 0 saturated carbocycles. The highest BCUT2D eigenvalue weighted by Crippen LogP contribution is 2.22. The monoisotopic (exact) mass is 374 g/mol. The molecule has 3 rings (SSSR count). The summed E-state index contributed by atoms with van der Waals surface area (Å²) >= 11 is 0. The maximum Gasteiger partial charge on any atom is 0.258 e. The summed E-state index contributed by atoms with van der Waals surface area (Å²) in [4.78, 5) is 23.6. The number of para-hydroxylation sites is 1. The highest BCUT2D eigenvalue weighted by atomic mass is 16.5. The van der Waals surface area contributed by atoms with Crippen LogP contribution in [-0.4, -0.2) is 18.4 Å². The van der Waals surface area contributed by atoms with Gasteiger partial charge >= 0.3 is 0 Å². The number of nitrogens with two attached hydrogens (primary N) is 1. The van der Waals surface area contributed by atoms with Crippen LogP contribution in [0.25, 0.3) is 11.1 Å². The minimum Gasteiger partial charge on any atom is -0.483 e. The Hall–Kier alpha value is -3.60. The van der Waals surface area contributed by atoms with E-state index in [0.29, 0.717) is 5.75 Å². The quantitative estimate of drug-likeness (QED) is 0.661. The first-order valence-electron chi connectivity index (χ1n) is 9.01. The molecule has 0 aliphatic carbocycles. The summed E-state index contributed by atoms with van der Waals surface area (Å²) in [5.41, 5.74) is 8.82. The van der Waals surface area contributed by atoms with Crippen LogP contribution in [0.2, 0.25) is 0 Å². The molecule has 2 amide bonds. The van der Waals surface area contributed by atoms with E-state index in [9.17, 15) is 9.59 Å². The van der Waals surface area contributed by atoms with E-state index in [1.54, 1.807) is 24.3 Å². The average molecular weight is 374 g/mol. The van der Waals surface area contributed by atoms with Crippen LogP contribution in [0.4, 0.5) is 0 Å². The maximum atomic E-state index is 12.2. The van der Waals surface area contributed by atoms with E-state index in [2.05, 4.69) is 17.4 Å². The van der Waals surface area contributed by atoms with Crippen LogP contribution in [0.5, 0.6) is 5.75 Å². The summed E-state index contributed by atoms with van der Waals surface area (Å²) in [7, 11) is 0. The Labute approximate surface area is 164 Å². The first-order valence-corrected chi connectivity index (χ1v) is 9.01. The summed E-state index contributed by atoms with van der Waals surface area (Å²) in [6, 6.07) is 24.6. The van der Waals surface area contributed by atoms with E-state index in [0.717, 1.165) is 16.7 Å². The molecule has 0 heterocycles. The molecule has 3 aromatic carbocycles. The summed E-state index contributed by atoms with van der Waals surface area (Å²) in [5.74, 6) is -0.577. The lowest BCUT2D eigenvalue weighted by atomic mass is 10.0. The van der Waals surface area contributed by atoms with Gasteiger partial charge in [-0.3, -0.25) is 9.59 Å². The predicted molar refractivity (Wildman–Crippen MR) is 109 cm³/mol. The first-order chi connectivity index (χ1) is 13.5. The smallest absolute Gasteiger partial charge is 0.258 e. The summed E-state index contributed by atoms with van der Waals surface area (Å²) in [6.45, 7) is 1.71. The molecule has 0 aliphatic rings. The van der Waals surface area contributed by atoms with Gasteiger partial charge in [0.25, 0.3) is 11.8 Å². The van der Waals surface area contributed by atoms with Gasteiger partial charge in [-0.2, -0.15) is 0 Å². The summed E-state index contributed by atoms with van der Waals surface area (Å²) in [5, 5.41) is 2.89. The van der Waals surface area contributed by atoms with Crippen LogP contribution in [0, 0.1) is 0 Å². The standard InChI is InChI=1S/C23H22N2O3/c1-16(17-11-13-19(14-12-17)18-7-3-2-4-8-18)25-22(26)15-28-21-10-6-5-9-20(21)23(24)27/h2-14,16H,15H2,1H3,(H2,24,27)(H,25,26)/t16-/m1/s1. The number of hydrogen-bond donors (Lipinski definition) is 2. The Morgan fingerprint density at radius 3 is 2.18 bits per heavy atom. The van der Waals surface area contributed by atoms with Crippen LogP contribution in [0.15, 0.2) is 78.9 Å². The van der Waals surface area contributed by atoms with Crippen molar-refractivity contribution < 1.29 is 14.3 Å². The zero-order chi connectivity index (χ0) is 19.9. The van der Waals surface area contributed by atoms with Gasteiger partial charge in [-0.15, -0.1) is 0 Å². The van der Waals surface area contributed by atoms with E-state index in [1.165, 1.54) is 0 Å². The molecule has 142 valence electrons. The Morgan fingerprint density at radius 2 is 1.50 bits per heavy atom. The minimum absolute atomic E-state index is 0.174. The summed E-state index contributed by atoms with van der Waals surface area (Å²) in [6.07, 6.45) is 0.